The van der Waals surface area contributed by atoms with Crippen LogP contribution in [-0.4, -0.2) is 0 Å². The fraction of sp³-hybridized carbons (Fsp3) is 0.850. The topological polar surface area (TPSA) is 0 Å². The summed E-state index contributed by atoms with van der Waals surface area (Å²) >= 11 is 0. The van der Waals surface area contributed by atoms with Crippen LogP contribution in [0.3, 0.4) is 0 Å². The molecule has 0 rings (SSSR count). The average Bonchev–Trinajstić information content (AvgIpc) is 2.50. The quantitative estimate of drug-likeness (QED) is 0.201. The van der Waals surface area contributed by atoms with E-state index in [9.17, 15) is 0 Å². The van der Waals surface area contributed by atoms with E-state index in [1.165, 1.54) is 70.6 Å². The molecule has 0 aromatic rings. The van der Waals surface area contributed by atoms with Crippen molar-refractivity contribution in [3.63, 3.8) is 0 Å². The Morgan fingerprint density at radius 2 is 0.714 bits per heavy atom. The maximum atomic E-state index is 3.84. The van der Waals surface area contributed by atoms with Gasteiger partial charge in [0.05, 0.1) is 0 Å². The third kappa shape index (κ3) is 52.9. The second-order valence-corrected chi connectivity index (χ2v) is 5.39. The van der Waals surface area contributed by atoms with E-state index in [2.05, 4.69) is 41.5 Å². The van der Waals surface area contributed by atoms with Gasteiger partial charge in [0.2, 0.25) is 0 Å². The van der Waals surface area contributed by atoms with Crippen molar-refractivity contribution in [2.75, 3.05) is 0 Å². The number of hydrogen-bond acceptors (Lipinski definition) is 0. The van der Waals surface area contributed by atoms with Gasteiger partial charge < -0.3 is 20.8 Å². The van der Waals surface area contributed by atoms with Crippen molar-refractivity contribution in [1.82, 2.24) is 0 Å². The van der Waals surface area contributed by atoms with Crippen molar-refractivity contribution in [2.24, 2.45) is 0 Å². The van der Waals surface area contributed by atoms with Gasteiger partial charge in [-0.15, -0.1) is 0 Å². The summed E-state index contributed by atoms with van der Waals surface area (Å²) in [6.07, 6.45) is 18.4. The Hall–Kier alpha value is 0.623. The van der Waals surface area contributed by atoms with Gasteiger partial charge in [-0.25, -0.2) is 0 Å². The van der Waals surface area contributed by atoms with Gasteiger partial charge >= 0.3 is 0 Å². The van der Waals surface area contributed by atoms with Crippen LogP contribution >= 0.6 is 0 Å². The van der Waals surface area contributed by atoms with Gasteiger partial charge in [-0.1, -0.05) is 91.4 Å². The molecule has 0 aliphatic carbocycles. The van der Waals surface area contributed by atoms with E-state index in [0.29, 0.717) is 0 Å². The first-order valence-electron chi connectivity index (χ1n) is 9.12. The summed E-state index contributed by atoms with van der Waals surface area (Å²) in [5, 5.41) is 0. The molecule has 0 fully saturated rings. The zero-order valence-corrected chi connectivity index (χ0v) is 18.7. The summed E-state index contributed by atoms with van der Waals surface area (Å²) < 4.78 is 0. The maximum Gasteiger partial charge on any atom is 0 e. The van der Waals surface area contributed by atoms with E-state index in [-0.39, 0.29) is 19.5 Å². The number of rotatable bonds is 11. The molecule has 0 saturated heterocycles. The van der Waals surface area contributed by atoms with Crippen LogP contribution in [0.1, 0.15) is 111 Å². The van der Waals surface area contributed by atoms with E-state index in [0.717, 1.165) is 19.3 Å². The molecule has 0 N–H and O–H groups in total. The molecule has 21 heavy (non-hydrogen) atoms. The first-order valence-corrected chi connectivity index (χ1v) is 9.12. The monoisotopic (exact) mass is 347 g/mol. The molecule has 0 radical (unpaired) electrons. The Balaban J connectivity index is -0.000000134. The summed E-state index contributed by atoms with van der Waals surface area (Å²) in [5.41, 5.74) is 0. The maximum absolute atomic E-state index is 3.84. The van der Waals surface area contributed by atoms with Crippen LogP contribution in [-0.2, 0) is 19.5 Å². The van der Waals surface area contributed by atoms with E-state index in [4.69, 9.17) is 0 Å². The fourth-order valence-corrected chi connectivity index (χ4v) is 1.49. The zero-order valence-electron chi connectivity index (χ0n) is 15.7. The van der Waals surface area contributed by atoms with Crippen LogP contribution in [0.15, 0.2) is 0 Å². The molecule has 0 spiro atoms. The van der Waals surface area contributed by atoms with Crippen LogP contribution in [0.5, 0.6) is 0 Å². The predicted octanol–water partition coefficient (Wildman–Crippen LogP) is 7.98. The Morgan fingerprint density at radius 1 is 0.429 bits per heavy atom. The van der Waals surface area contributed by atoms with Gasteiger partial charge in [-0.3, -0.25) is 0 Å². The molecule has 0 nitrogen and oxygen atoms in total. The molecule has 0 aromatic heterocycles. The summed E-state index contributed by atoms with van der Waals surface area (Å²) in [6.45, 7) is 17.6. The first-order chi connectivity index (χ1) is 9.74. The molecular formula is C20H43Zn-3. The normalized spacial score (nSPS) is 8.86. The summed E-state index contributed by atoms with van der Waals surface area (Å²) in [4.78, 5) is 0. The summed E-state index contributed by atoms with van der Waals surface area (Å²) in [7, 11) is 0. The van der Waals surface area contributed by atoms with E-state index < -0.39 is 0 Å². The van der Waals surface area contributed by atoms with Crippen LogP contribution < -0.4 is 0 Å². The van der Waals surface area contributed by atoms with Gasteiger partial charge in [0.15, 0.2) is 0 Å². The largest absolute Gasteiger partial charge is 0.343 e. The summed E-state index contributed by atoms with van der Waals surface area (Å²) in [5.74, 6) is 0. The van der Waals surface area contributed by atoms with Crippen molar-refractivity contribution in [1.29, 1.82) is 0 Å². The van der Waals surface area contributed by atoms with Gasteiger partial charge in [-0.2, -0.15) is 19.3 Å². The van der Waals surface area contributed by atoms with Gasteiger partial charge in [0, 0.05) is 19.5 Å². The molecule has 0 bridgehead atoms. The van der Waals surface area contributed by atoms with Crippen LogP contribution in [0.25, 0.3) is 0 Å². The van der Waals surface area contributed by atoms with Crippen LogP contribution in [0, 0.1) is 20.8 Å². The van der Waals surface area contributed by atoms with Crippen molar-refractivity contribution in [3.8, 4) is 0 Å². The second kappa shape index (κ2) is 37.1. The van der Waals surface area contributed by atoms with E-state index in [1.807, 2.05) is 0 Å². The minimum absolute atomic E-state index is 0. The van der Waals surface area contributed by atoms with Gasteiger partial charge in [0.1, 0.15) is 0 Å². The zero-order chi connectivity index (χ0) is 15.9. The van der Waals surface area contributed by atoms with Crippen LogP contribution in [0.2, 0.25) is 0 Å². The smallest absolute Gasteiger partial charge is 0 e. The molecule has 0 amide bonds. The molecule has 0 aromatic carbocycles. The third-order valence-corrected chi connectivity index (χ3v) is 3.06. The molecule has 0 atom stereocenters. The second-order valence-electron chi connectivity index (χ2n) is 5.39. The molecule has 0 heterocycles. The Labute approximate surface area is 151 Å². The molecule has 0 unspecified atom stereocenters. The van der Waals surface area contributed by atoms with Crippen molar-refractivity contribution < 1.29 is 19.5 Å². The predicted molar refractivity (Wildman–Crippen MR) is 97.7 cm³/mol. The molecule has 0 saturated carbocycles. The average molecular weight is 349 g/mol. The SMILES string of the molecule is [CH2-]CCC.[CH2-]CCC.[CH2-]CCCCCCCCCCC.[Zn]. The summed E-state index contributed by atoms with van der Waals surface area (Å²) in [6, 6.07) is 0. The molecule has 0 aliphatic heterocycles. The standard InChI is InChI=1S/C12H25.2C4H9.Zn/c1-3-5-7-9-11-12-10-8-6-4-2;2*1-3-4-2;/h1,3-12H2,2H3;2*1,3-4H2,2H3;/q3*-1;. The van der Waals surface area contributed by atoms with E-state index in [1.54, 1.807) is 0 Å². The van der Waals surface area contributed by atoms with Gasteiger partial charge in [-0.05, 0) is 0 Å². The third-order valence-electron chi connectivity index (χ3n) is 3.06. The minimum atomic E-state index is 0. The van der Waals surface area contributed by atoms with Crippen molar-refractivity contribution in [2.45, 2.75) is 111 Å². The molecule has 1 heteroatoms. The minimum Gasteiger partial charge on any atom is -0.343 e. The first kappa shape index (κ1) is 29.6. The Bertz CT molecular complexity index is 94.4. The Kier molecular flexibility index (Phi) is 52.4. The van der Waals surface area contributed by atoms with Crippen LogP contribution in [0.4, 0.5) is 0 Å². The molecule has 128 valence electrons. The van der Waals surface area contributed by atoms with E-state index >= 15 is 0 Å². The van der Waals surface area contributed by atoms with Crippen molar-refractivity contribution >= 4 is 0 Å². The molecule has 0 aliphatic rings. The fourth-order valence-electron chi connectivity index (χ4n) is 1.49. The van der Waals surface area contributed by atoms with Crippen molar-refractivity contribution in [3.05, 3.63) is 20.8 Å². The Morgan fingerprint density at radius 3 is 0.952 bits per heavy atom. The van der Waals surface area contributed by atoms with Gasteiger partial charge in [0.25, 0.3) is 0 Å². The number of unbranched alkanes of at least 4 members (excludes halogenated alkanes) is 11. The number of hydrogen-bond donors (Lipinski definition) is 0. The molecular weight excluding hydrogens is 306 g/mol.